The van der Waals surface area contributed by atoms with Crippen molar-refractivity contribution in [1.82, 2.24) is 0 Å². The Morgan fingerprint density at radius 1 is 1.14 bits per heavy atom. The van der Waals surface area contributed by atoms with E-state index in [-0.39, 0.29) is 0 Å². The van der Waals surface area contributed by atoms with Crippen molar-refractivity contribution in [3.63, 3.8) is 0 Å². The van der Waals surface area contributed by atoms with E-state index in [1.807, 2.05) is 18.2 Å². The highest BCUT2D eigenvalue weighted by Crippen LogP contribution is 2.26. The van der Waals surface area contributed by atoms with Crippen molar-refractivity contribution in [2.75, 3.05) is 0 Å². The monoisotopic (exact) mass is 190 g/mol. The minimum atomic E-state index is 0.820. The van der Waals surface area contributed by atoms with Crippen LogP contribution in [0.3, 0.4) is 0 Å². The molecule has 74 valence electrons. The fourth-order valence-corrected chi connectivity index (χ4v) is 1.52. The topological polar surface area (TPSA) is 26.3 Å². The van der Waals surface area contributed by atoms with Crippen molar-refractivity contribution >= 4 is 0 Å². The van der Waals surface area contributed by atoms with E-state index in [1.54, 1.807) is 12.5 Å². The fourth-order valence-electron chi connectivity index (χ4n) is 1.52. The smallest absolute Gasteiger partial charge is 0.172 e. The van der Waals surface area contributed by atoms with E-state index in [2.05, 4.69) is 6.92 Å². The molecular weight excluding hydrogens is 176 g/mol. The maximum atomic E-state index is 5.41. The average molecular weight is 190 g/mol. The van der Waals surface area contributed by atoms with Gasteiger partial charge in [0.1, 0.15) is 0 Å². The molecule has 0 aliphatic carbocycles. The molecule has 0 saturated heterocycles. The van der Waals surface area contributed by atoms with Gasteiger partial charge >= 0.3 is 0 Å². The summed E-state index contributed by atoms with van der Waals surface area (Å²) in [4.78, 5) is 0. The van der Waals surface area contributed by atoms with Crippen LogP contribution in [0.25, 0.3) is 11.5 Å². The van der Waals surface area contributed by atoms with Crippen molar-refractivity contribution < 1.29 is 8.83 Å². The summed E-state index contributed by atoms with van der Waals surface area (Å²) in [6.45, 7) is 2.19. The Bertz CT molecular complexity index is 371. The van der Waals surface area contributed by atoms with Crippen LogP contribution in [0, 0.1) is 0 Å². The van der Waals surface area contributed by atoms with Gasteiger partial charge in [-0.2, -0.15) is 0 Å². The Labute approximate surface area is 83.5 Å². The summed E-state index contributed by atoms with van der Waals surface area (Å²) in [5, 5.41) is 0. The van der Waals surface area contributed by atoms with Crippen LogP contribution >= 0.6 is 0 Å². The molecule has 2 nitrogen and oxygen atoms in total. The normalized spacial score (nSPS) is 10.6. The molecule has 0 aromatic carbocycles. The third kappa shape index (κ3) is 1.74. The van der Waals surface area contributed by atoms with Gasteiger partial charge < -0.3 is 8.83 Å². The molecule has 0 spiro atoms. The quantitative estimate of drug-likeness (QED) is 0.731. The van der Waals surface area contributed by atoms with E-state index in [0.29, 0.717) is 0 Å². The van der Waals surface area contributed by atoms with Gasteiger partial charge in [0, 0.05) is 5.56 Å². The molecule has 14 heavy (non-hydrogen) atoms. The van der Waals surface area contributed by atoms with Crippen molar-refractivity contribution in [2.24, 2.45) is 0 Å². The van der Waals surface area contributed by atoms with Gasteiger partial charge in [-0.15, -0.1) is 0 Å². The van der Waals surface area contributed by atoms with Gasteiger partial charge in [-0.3, -0.25) is 0 Å². The molecule has 0 bridgehead atoms. The second-order valence-corrected chi connectivity index (χ2v) is 3.36. The van der Waals surface area contributed by atoms with Crippen LogP contribution in [0.15, 0.2) is 39.6 Å². The molecule has 0 aliphatic rings. The average Bonchev–Trinajstić information content (AvgIpc) is 2.84. The molecule has 2 rings (SSSR count). The van der Waals surface area contributed by atoms with E-state index in [1.165, 1.54) is 18.4 Å². The van der Waals surface area contributed by atoms with Crippen molar-refractivity contribution in [1.29, 1.82) is 0 Å². The second kappa shape index (κ2) is 4.18. The van der Waals surface area contributed by atoms with Crippen molar-refractivity contribution in [3.05, 3.63) is 36.3 Å². The molecule has 0 saturated carbocycles. The standard InChI is InChI=1S/C12H14O2/c1-2-3-5-10-7-9-14-12(10)11-6-4-8-13-11/h4,6-9H,2-3,5H2,1H3. The second-order valence-electron chi connectivity index (χ2n) is 3.36. The van der Waals surface area contributed by atoms with E-state index in [0.717, 1.165) is 17.9 Å². The summed E-state index contributed by atoms with van der Waals surface area (Å²) in [7, 11) is 0. The highest BCUT2D eigenvalue weighted by molar-refractivity contribution is 5.54. The first-order valence-corrected chi connectivity index (χ1v) is 5.02. The van der Waals surface area contributed by atoms with E-state index in [4.69, 9.17) is 8.83 Å². The number of furan rings is 2. The zero-order valence-electron chi connectivity index (χ0n) is 8.32. The number of hydrogen-bond donors (Lipinski definition) is 0. The van der Waals surface area contributed by atoms with Crippen LogP contribution in [0.4, 0.5) is 0 Å². The fraction of sp³-hybridized carbons (Fsp3) is 0.333. The molecule has 0 unspecified atom stereocenters. The lowest BCUT2D eigenvalue weighted by Crippen LogP contribution is -1.83. The molecule has 0 radical (unpaired) electrons. The van der Waals surface area contributed by atoms with Crippen LogP contribution in [-0.4, -0.2) is 0 Å². The summed E-state index contributed by atoms with van der Waals surface area (Å²) in [5.74, 6) is 1.70. The molecule has 0 N–H and O–H groups in total. The summed E-state index contributed by atoms with van der Waals surface area (Å²) in [6.07, 6.45) is 6.84. The zero-order valence-corrected chi connectivity index (χ0v) is 8.32. The Kier molecular flexibility index (Phi) is 2.73. The number of unbranched alkanes of at least 4 members (excludes halogenated alkanes) is 1. The Morgan fingerprint density at radius 2 is 2.07 bits per heavy atom. The summed E-state index contributed by atoms with van der Waals surface area (Å²) >= 11 is 0. The number of hydrogen-bond acceptors (Lipinski definition) is 2. The maximum Gasteiger partial charge on any atom is 0.172 e. The third-order valence-corrected chi connectivity index (χ3v) is 2.29. The molecule has 0 aliphatic heterocycles. The first-order chi connectivity index (χ1) is 6.92. The summed E-state index contributed by atoms with van der Waals surface area (Å²) in [5.41, 5.74) is 1.24. The van der Waals surface area contributed by atoms with Gasteiger partial charge in [-0.25, -0.2) is 0 Å². The lowest BCUT2D eigenvalue weighted by Gasteiger charge is -1.97. The molecule has 2 aromatic heterocycles. The molecule has 0 fully saturated rings. The first kappa shape index (κ1) is 9.13. The zero-order chi connectivity index (χ0) is 9.80. The molecule has 0 amide bonds. The highest BCUT2D eigenvalue weighted by Gasteiger charge is 2.10. The van der Waals surface area contributed by atoms with Gasteiger partial charge in [0.25, 0.3) is 0 Å². The predicted molar refractivity (Wildman–Crippen MR) is 55.0 cm³/mol. The molecule has 2 heteroatoms. The molecule has 2 aromatic rings. The summed E-state index contributed by atoms with van der Waals surface area (Å²) < 4.78 is 10.7. The first-order valence-electron chi connectivity index (χ1n) is 5.02. The van der Waals surface area contributed by atoms with E-state index in [9.17, 15) is 0 Å². The molecular formula is C12H14O2. The van der Waals surface area contributed by atoms with Crippen LogP contribution in [0.5, 0.6) is 0 Å². The largest absolute Gasteiger partial charge is 0.461 e. The van der Waals surface area contributed by atoms with Crippen LogP contribution in [-0.2, 0) is 6.42 Å². The Hall–Kier alpha value is -1.44. The van der Waals surface area contributed by atoms with Crippen LogP contribution < -0.4 is 0 Å². The molecule has 2 heterocycles. The molecule has 0 atom stereocenters. The maximum absolute atomic E-state index is 5.41. The van der Waals surface area contributed by atoms with E-state index >= 15 is 0 Å². The van der Waals surface area contributed by atoms with Crippen LogP contribution in [0.1, 0.15) is 25.3 Å². The lowest BCUT2D eigenvalue weighted by atomic mass is 10.1. The van der Waals surface area contributed by atoms with Gasteiger partial charge in [-0.05, 0) is 31.0 Å². The van der Waals surface area contributed by atoms with Crippen LogP contribution in [0.2, 0.25) is 0 Å². The SMILES string of the molecule is CCCCc1ccoc1-c1ccco1. The number of rotatable bonds is 4. The van der Waals surface area contributed by atoms with Crippen molar-refractivity contribution in [3.8, 4) is 11.5 Å². The van der Waals surface area contributed by atoms with Gasteiger partial charge in [0.2, 0.25) is 0 Å². The Morgan fingerprint density at radius 3 is 2.79 bits per heavy atom. The van der Waals surface area contributed by atoms with Gasteiger partial charge in [0.15, 0.2) is 11.5 Å². The van der Waals surface area contributed by atoms with Gasteiger partial charge in [-0.1, -0.05) is 13.3 Å². The number of aryl methyl sites for hydroxylation is 1. The highest BCUT2D eigenvalue weighted by atomic mass is 16.4. The van der Waals surface area contributed by atoms with Crippen molar-refractivity contribution in [2.45, 2.75) is 26.2 Å². The Balaban J connectivity index is 2.22. The summed E-state index contributed by atoms with van der Waals surface area (Å²) in [6, 6.07) is 5.82. The minimum Gasteiger partial charge on any atom is -0.461 e. The minimum absolute atomic E-state index is 0.820. The third-order valence-electron chi connectivity index (χ3n) is 2.29. The lowest BCUT2D eigenvalue weighted by molar-refractivity contribution is 0.521. The van der Waals surface area contributed by atoms with Gasteiger partial charge in [0.05, 0.1) is 12.5 Å². The predicted octanol–water partition coefficient (Wildman–Crippen LogP) is 3.88. The van der Waals surface area contributed by atoms with E-state index < -0.39 is 0 Å².